The van der Waals surface area contributed by atoms with Crippen LogP contribution in [0.1, 0.15) is 23.2 Å². The predicted molar refractivity (Wildman–Crippen MR) is 78.5 cm³/mol. The van der Waals surface area contributed by atoms with Gasteiger partial charge in [0.15, 0.2) is 0 Å². The van der Waals surface area contributed by atoms with Crippen LogP contribution in [-0.4, -0.2) is 47.4 Å². The summed E-state index contributed by atoms with van der Waals surface area (Å²) < 4.78 is 0. The standard InChI is InChI=1S/C13H17ClN4O3/c1-17(8-9-2-4-15-5-3-9)13(19)10-6-12(14)16-7-11(10)18(20)21/h6-7,9,15H,2-5,8H2,1H3. The molecule has 8 heteroatoms. The van der Waals surface area contributed by atoms with Crippen molar-refractivity contribution in [2.45, 2.75) is 12.8 Å². The first-order valence-corrected chi connectivity index (χ1v) is 7.13. The molecule has 1 saturated heterocycles. The van der Waals surface area contributed by atoms with E-state index in [-0.39, 0.29) is 16.4 Å². The Morgan fingerprint density at radius 3 is 2.86 bits per heavy atom. The van der Waals surface area contributed by atoms with Gasteiger partial charge in [-0.2, -0.15) is 0 Å². The van der Waals surface area contributed by atoms with Gasteiger partial charge in [-0.1, -0.05) is 11.6 Å². The highest BCUT2D eigenvalue weighted by Crippen LogP contribution is 2.22. The molecule has 1 aromatic heterocycles. The molecule has 1 aliphatic heterocycles. The van der Waals surface area contributed by atoms with E-state index < -0.39 is 10.8 Å². The Hall–Kier alpha value is -1.73. The van der Waals surface area contributed by atoms with Crippen LogP contribution in [0.25, 0.3) is 0 Å². The predicted octanol–water partition coefficient (Wildman–Crippen LogP) is 1.71. The number of carbonyl (C=O) groups excluding carboxylic acids is 1. The van der Waals surface area contributed by atoms with Gasteiger partial charge in [-0.15, -0.1) is 0 Å². The lowest BCUT2D eigenvalue weighted by molar-refractivity contribution is -0.385. The summed E-state index contributed by atoms with van der Waals surface area (Å²) in [6, 6.07) is 1.25. The van der Waals surface area contributed by atoms with Crippen molar-refractivity contribution in [1.82, 2.24) is 15.2 Å². The largest absolute Gasteiger partial charge is 0.341 e. The summed E-state index contributed by atoms with van der Waals surface area (Å²) in [6.45, 7) is 2.46. The molecule has 0 aromatic carbocycles. The second-order valence-electron chi connectivity index (χ2n) is 5.16. The summed E-state index contributed by atoms with van der Waals surface area (Å²) in [6.07, 6.45) is 3.02. The van der Waals surface area contributed by atoms with Crippen LogP contribution in [0, 0.1) is 16.0 Å². The smallest absolute Gasteiger partial charge is 0.300 e. The molecule has 114 valence electrons. The van der Waals surface area contributed by atoms with Crippen molar-refractivity contribution in [3.05, 3.63) is 33.1 Å². The maximum absolute atomic E-state index is 12.4. The van der Waals surface area contributed by atoms with Gasteiger partial charge in [0, 0.05) is 13.6 Å². The average Bonchev–Trinajstić information content (AvgIpc) is 2.47. The highest BCUT2D eigenvalue weighted by Gasteiger charge is 2.26. The number of piperidine rings is 1. The Morgan fingerprint density at radius 2 is 2.24 bits per heavy atom. The molecule has 1 aromatic rings. The topological polar surface area (TPSA) is 88.4 Å². The van der Waals surface area contributed by atoms with E-state index in [1.165, 1.54) is 11.0 Å². The number of amides is 1. The number of hydrogen-bond acceptors (Lipinski definition) is 5. The highest BCUT2D eigenvalue weighted by molar-refractivity contribution is 6.29. The fraction of sp³-hybridized carbons (Fsp3) is 0.538. The number of aromatic nitrogens is 1. The third-order valence-corrected chi connectivity index (χ3v) is 3.82. The van der Waals surface area contributed by atoms with E-state index in [1.54, 1.807) is 7.05 Å². The molecule has 0 atom stereocenters. The van der Waals surface area contributed by atoms with E-state index in [1.807, 2.05) is 0 Å². The molecule has 1 aliphatic rings. The number of halogens is 1. The van der Waals surface area contributed by atoms with E-state index >= 15 is 0 Å². The Kier molecular flexibility index (Phi) is 5.08. The molecule has 0 bridgehead atoms. The minimum Gasteiger partial charge on any atom is -0.341 e. The highest BCUT2D eigenvalue weighted by atomic mass is 35.5. The van der Waals surface area contributed by atoms with Gasteiger partial charge < -0.3 is 10.2 Å². The minimum absolute atomic E-state index is 0.0172. The van der Waals surface area contributed by atoms with Crippen LogP contribution < -0.4 is 5.32 Å². The molecular weight excluding hydrogens is 296 g/mol. The van der Waals surface area contributed by atoms with Crippen LogP contribution in [0.5, 0.6) is 0 Å². The van der Waals surface area contributed by atoms with Gasteiger partial charge in [0.1, 0.15) is 16.9 Å². The van der Waals surface area contributed by atoms with Crippen molar-refractivity contribution in [2.24, 2.45) is 5.92 Å². The van der Waals surface area contributed by atoms with Crippen molar-refractivity contribution in [3.8, 4) is 0 Å². The second kappa shape index (κ2) is 6.82. The monoisotopic (exact) mass is 312 g/mol. The van der Waals surface area contributed by atoms with Crippen molar-refractivity contribution >= 4 is 23.2 Å². The number of nitrogens with zero attached hydrogens (tertiary/aromatic N) is 3. The van der Waals surface area contributed by atoms with Crippen LogP contribution in [0.2, 0.25) is 5.15 Å². The Balaban J connectivity index is 2.14. The minimum atomic E-state index is -0.616. The molecule has 21 heavy (non-hydrogen) atoms. The number of pyridine rings is 1. The van der Waals surface area contributed by atoms with E-state index in [2.05, 4.69) is 10.3 Å². The molecule has 0 spiro atoms. The second-order valence-corrected chi connectivity index (χ2v) is 5.55. The summed E-state index contributed by atoms with van der Waals surface area (Å²) in [5.41, 5.74) is -0.335. The maximum Gasteiger partial charge on any atom is 0.300 e. The van der Waals surface area contributed by atoms with Crippen molar-refractivity contribution in [3.63, 3.8) is 0 Å². The van der Waals surface area contributed by atoms with Gasteiger partial charge in [-0.05, 0) is 37.9 Å². The van der Waals surface area contributed by atoms with E-state index in [0.717, 1.165) is 32.1 Å². The van der Waals surface area contributed by atoms with Gasteiger partial charge in [-0.25, -0.2) is 4.98 Å². The van der Waals surface area contributed by atoms with Crippen molar-refractivity contribution < 1.29 is 9.72 Å². The third kappa shape index (κ3) is 3.89. The van der Waals surface area contributed by atoms with Crippen LogP contribution in [0.4, 0.5) is 5.69 Å². The Bertz CT molecular complexity index is 546. The zero-order chi connectivity index (χ0) is 15.4. The molecule has 0 saturated carbocycles. The number of rotatable bonds is 4. The third-order valence-electron chi connectivity index (χ3n) is 3.61. The van der Waals surface area contributed by atoms with Gasteiger partial charge >= 0.3 is 0 Å². The number of carbonyl (C=O) groups is 1. The van der Waals surface area contributed by atoms with Crippen LogP contribution in [0.3, 0.4) is 0 Å². The summed E-state index contributed by atoms with van der Waals surface area (Å²) in [5.74, 6) is 0.0149. The zero-order valence-electron chi connectivity index (χ0n) is 11.7. The molecule has 2 heterocycles. The van der Waals surface area contributed by atoms with Crippen LogP contribution in [0.15, 0.2) is 12.3 Å². The number of nitrogens with one attached hydrogen (secondary N) is 1. The molecule has 1 amide bonds. The summed E-state index contributed by atoms with van der Waals surface area (Å²) >= 11 is 5.75. The normalized spacial score (nSPS) is 15.7. The molecule has 2 rings (SSSR count). The van der Waals surface area contributed by atoms with E-state index in [0.29, 0.717) is 12.5 Å². The fourth-order valence-electron chi connectivity index (χ4n) is 2.48. The first-order valence-electron chi connectivity index (χ1n) is 6.75. The molecule has 0 aliphatic carbocycles. The van der Waals surface area contributed by atoms with Gasteiger partial charge in [0.05, 0.1) is 4.92 Å². The fourth-order valence-corrected chi connectivity index (χ4v) is 2.64. The quantitative estimate of drug-likeness (QED) is 0.519. The van der Waals surface area contributed by atoms with Gasteiger partial charge in [-0.3, -0.25) is 14.9 Å². The molecule has 1 N–H and O–H groups in total. The number of nitro groups is 1. The lowest BCUT2D eigenvalue weighted by atomic mass is 9.97. The summed E-state index contributed by atoms with van der Waals surface area (Å²) in [4.78, 5) is 28.0. The van der Waals surface area contributed by atoms with Gasteiger partial charge in [0.25, 0.3) is 11.6 Å². The van der Waals surface area contributed by atoms with Gasteiger partial charge in [0.2, 0.25) is 0 Å². The van der Waals surface area contributed by atoms with Crippen LogP contribution >= 0.6 is 11.6 Å². The summed E-state index contributed by atoms with van der Waals surface area (Å²) in [5, 5.41) is 14.3. The first-order chi connectivity index (χ1) is 9.99. The molecule has 0 unspecified atom stereocenters. The molecule has 1 fully saturated rings. The SMILES string of the molecule is CN(CC1CCNCC1)C(=O)c1cc(Cl)ncc1[N+](=O)[O-]. The maximum atomic E-state index is 12.4. The van der Waals surface area contributed by atoms with E-state index in [9.17, 15) is 14.9 Å². The summed E-state index contributed by atoms with van der Waals surface area (Å²) in [7, 11) is 1.66. The van der Waals surface area contributed by atoms with Crippen molar-refractivity contribution in [1.29, 1.82) is 0 Å². The Labute approximate surface area is 127 Å². The molecular formula is C13H17ClN4O3. The van der Waals surface area contributed by atoms with E-state index in [4.69, 9.17) is 11.6 Å². The zero-order valence-corrected chi connectivity index (χ0v) is 12.5. The van der Waals surface area contributed by atoms with Crippen molar-refractivity contribution in [2.75, 3.05) is 26.7 Å². The lowest BCUT2D eigenvalue weighted by Crippen LogP contribution is -2.37. The molecule has 7 nitrogen and oxygen atoms in total. The van der Waals surface area contributed by atoms with Crippen LogP contribution in [-0.2, 0) is 0 Å². The number of hydrogen-bond donors (Lipinski definition) is 1. The lowest BCUT2D eigenvalue weighted by Gasteiger charge is -2.27. The first kappa shape index (κ1) is 15.7. The average molecular weight is 313 g/mol. The Morgan fingerprint density at radius 1 is 1.57 bits per heavy atom. The molecule has 0 radical (unpaired) electrons.